The minimum Gasteiger partial charge on any atom is -0.327 e. The van der Waals surface area contributed by atoms with E-state index < -0.39 is 0 Å². The summed E-state index contributed by atoms with van der Waals surface area (Å²) in [6.45, 7) is 3.45. The van der Waals surface area contributed by atoms with E-state index in [9.17, 15) is 0 Å². The Morgan fingerprint density at radius 1 is 1.46 bits per heavy atom. The van der Waals surface area contributed by atoms with Gasteiger partial charge in [-0.05, 0) is 39.8 Å². The Kier molecular flexibility index (Phi) is 2.58. The van der Waals surface area contributed by atoms with Crippen LogP contribution in [0.15, 0.2) is 0 Å². The lowest BCUT2D eigenvalue weighted by molar-refractivity contribution is 0.0387. The maximum Gasteiger partial charge on any atom is 0.0640 e. The average Bonchev–Trinajstić information content (AvgIpc) is 2.07. The van der Waals surface area contributed by atoms with E-state index in [2.05, 4.69) is 24.2 Å². The predicted molar refractivity (Wildman–Crippen MR) is 54.3 cm³/mol. The molecule has 0 aromatic heterocycles. The molecule has 0 saturated carbocycles. The third kappa shape index (κ3) is 1.73. The first kappa shape index (κ1) is 9.44. The van der Waals surface area contributed by atoms with Crippen LogP contribution in [0.4, 0.5) is 0 Å². The van der Waals surface area contributed by atoms with E-state index in [4.69, 9.17) is 5.73 Å². The number of rotatable bonds is 0. The maximum absolute atomic E-state index is 6.18. The number of hydrogen-bond donors (Lipinski definition) is 2. The zero-order valence-corrected chi connectivity index (χ0v) is 8.66. The van der Waals surface area contributed by atoms with Crippen LogP contribution in [0.5, 0.6) is 0 Å². The number of nitrogens with two attached hydrogens (primary N) is 1. The highest BCUT2D eigenvalue weighted by molar-refractivity contribution is 4.94. The van der Waals surface area contributed by atoms with Crippen molar-refractivity contribution in [3.05, 3.63) is 0 Å². The lowest BCUT2D eigenvalue weighted by Crippen LogP contribution is -2.63. The Balaban J connectivity index is 2.08. The van der Waals surface area contributed by atoms with Crippen LogP contribution in [0.2, 0.25) is 0 Å². The second kappa shape index (κ2) is 3.56. The van der Waals surface area contributed by atoms with Gasteiger partial charge in [-0.25, -0.2) is 0 Å². The van der Waals surface area contributed by atoms with Gasteiger partial charge in [0.05, 0.1) is 6.17 Å². The highest BCUT2D eigenvalue weighted by atomic mass is 15.3. The monoisotopic (exact) mass is 183 g/mol. The molecule has 4 unspecified atom stereocenters. The summed E-state index contributed by atoms with van der Waals surface area (Å²) >= 11 is 0. The fourth-order valence-electron chi connectivity index (χ4n) is 2.84. The third-order valence-electron chi connectivity index (χ3n) is 3.56. The first-order valence-electron chi connectivity index (χ1n) is 5.40. The molecular weight excluding hydrogens is 162 g/mol. The quantitative estimate of drug-likeness (QED) is 0.570. The summed E-state index contributed by atoms with van der Waals surface area (Å²) in [5, 5.41) is 3.64. The van der Waals surface area contributed by atoms with Crippen molar-refractivity contribution in [3.8, 4) is 0 Å². The van der Waals surface area contributed by atoms with Gasteiger partial charge in [-0.3, -0.25) is 10.2 Å². The van der Waals surface area contributed by atoms with E-state index in [1.165, 1.54) is 19.4 Å². The van der Waals surface area contributed by atoms with Crippen molar-refractivity contribution in [1.82, 2.24) is 10.2 Å². The first-order chi connectivity index (χ1) is 6.18. The predicted octanol–water partition coefficient (Wildman–Crippen LogP) is 0.363. The summed E-state index contributed by atoms with van der Waals surface area (Å²) in [7, 11) is 2.20. The molecule has 2 rings (SSSR count). The number of likely N-dealkylation sites (tertiary alicyclic amines) is 1. The normalized spacial score (nSPS) is 47.3. The van der Waals surface area contributed by atoms with Crippen LogP contribution in [0.3, 0.4) is 0 Å². The van der Waals surface area contributed by atoms with Crippen molar-refractivity contribution in [2.75, 3.05) is 13.6 Å². The summed E-state index contributed by atoms with van der Waals surface area (Å²) in [4.78, 5) is 2.42. The van der Waals surface area contributed by atoms with Crippen LogP contribution in [0.1, 0.15) is 26.2 Å². The molecule has 0 aromatic rings. The lowest BCUT2D eigenvalue weighted by Gasteiger charge is -2.47. The van der Waals surface area contributed by atoms with Crippen molar-refractivity contribution in [2.24, 2.45) is 11.7 Å². The molecule has 2 fully saturated rings. The minimum absolute atomic E-state index is 0.406. The largest absolute Gasteiger partial charge is 0.327 e. The lowest BCUT2D eigenvalue weighted by atomic mass is 9.81. The van der Waals surface area contributed by atoms with Gasteiger partial charge < -0.3 is 5.73 Å². The van der Waals surface area contributed by atoms with Crippen LogP contribution in [-0.4, -0.2) is 36.7 Å². The summed E-state index contributed by atoms with van der Waals surface area (Å²) < 4.78 is 0. The van der Waals surface area contributed by atoms with Crippen molar-refractivity contribution in [3.63, 3.8) is 0 Å². The molecule has 2 aliphatic heterocycles. The van der Waals surface area contributed by atoms with Gasteiger partial charge in [0.1, 0.15) is 0 Å². The Bertz CT molecular complexity index is 183. The second-order valence-electron chi connectivity index (χ2n) is 4.70. The zero-order valence-electron chi connectivity index (χ0n) is 8.66. The van der Waals surface area contributed by atoms with Crippen LogP contribution >= 0.6 is 0 Å². The van der Waals surface area contributed by atoms with Crippen LogP contribution in [-0.2, 0) is 0 Å². The van der Waals surface area contributed by atoms with Gasteiger partial charge in [-0.2, -0.15) is 0 Å². The molecule has 2 heterocycles. The van der Waals surface area contributed by atoms with E-state index in [0.717, 1.165) is 6.42 Å². The van der Waals surface area contributed by atoms with Crippen molar-refractivity contribution in [1.29, 1.82) is 0 Å². The Morgan fingerprint density at radius 2 is 2.23 bits per heavy atom. The smallest absolute Gasteiger partial charge is 0.0640 e. The number of nitrogens with one attached hydrogen (secondary N) is 1. The summed E-state index contributed by atoms with van der Waals surface area (Å²) in [6.07, 6.45) is 4.28. The van der Waals surface area contributed by atoms with E-state index in [1.54, 1.807) is 0 Å². The number of fused-ring (bicyclic) bond motifs is 1. The van der Waals surface area contributed by atoms with Gasteiger partial charge in [0.25, 0.3) is 0 Å². The van der Waals surface area contributed by atoms with Crippen LogP contribution in [0.25, 0.3) is 0 Å². The summed E-state index contributed by atoms with van der Waals surface area (Å²) in [6, 6.07) is 0.987. The molecule has 2 aliphatic rings. The van der Waals surface area contributed by atoms with Crippen molar-refractivity contribution in [2.45, 2.75) is 44.4 Å². The molecule has 13 heavy (non-hydrogen) atoms. The molecule has 76 valence electrons. The minimum atomic E-state index is 0.406. The topological polar surface area (TPSA) is 41.3 Å². The Labute approximate surface area is 80.7 Å². The number of nitrogens with zero attached hydrogens (tertiary/aromatic N) is 1. The van der Waals surface area contributed by atoms with Crippen molar-refractivity contribution >= 4 is 0 Å². The van der Waals surface area contributed by atoms with Gasteiger partial charge >= 0.3 is 0 Å². The molecular formula is C10H21N3. The Morgan fingerprint density at radius 3 is 3.00 bits per heavy atom. The molecule has 0 aromatic carbocycles. The van der Waals surface area contributed by atoms with Gasteiger partial charge in [-0.1, -0.05) is 0 Å². The molecule has 3 N–H and O–H groups in total. The molecule has 0 bridgehead atoms. The fourth-order valence-corrected chi connectivity index (χ4v) is 2.84. The SMILES string of the molecule is CC1CC(N)C2CCCN(C)C2N1. The van der Waals surface area contributed by atoms with Gasteiger partial charge in [0, 0.05) is 18.0 Å². The Hall–Kier alpha value is -0.120. The molecule has 2 saturated heterocycles. The van der Waals surface area contributed by atoms with E-state index in [-0.39, 0.29) is 0 Å². The number of piperidine rings is 2. The molecule has 0 radical (unpaired) electrons. The van der Waals surface area contributed by atoms with Gasteiger partial charge in [0.2, 0.25) is 0 Å². The highest BCUT2D eigenvalue weighted by Gasteiger charge is 2.37. The average molecular weight is 183 g/mol. The molecule has 4 atom stereocenters. The van der Waals surface area contributed by atoms with E-state index in [1.807, 2.05) is 0 Å². The molecule has 3 heteroatoms. The summed E-state index contributed by atoms with van der Waals surface area (Å²) in [5.41, 5.74) is 6.18. The zero-order chi connectivity index (χ0) is 9.42. The first-order valence-corrected chi connectivity index (χ1v) is 5.40. The van der Waals surface area contributed by atoms with Crippen LogP contribution < -0.4 is 11.1 Å². The third-order valence-corrected chi connectivity index (χ3v) is 3.56. The molecule has 0 spiro atoms. The maximum atomic E-state index is 6.18. The van der Waals surface area contributed by atoms with Crippen LogP contribution in [0, 0.1) is 5.92 Å². The number of hydrogen-bond acceptors (Lipinski definition) is 3. The fraction of sp³-hybridized carbons (Fsp3) is 1.00. The highest BCUT2D eigenvalue weighted by Crippen LogP contribution is 2.28. The van der Waals surface area contributed by atoms with Gasteiger partial charge in [-0.15, -0.1) is 0 Å². The van der Waals surface area contributed by atoms with E-state index >= 15 is 0 Å². The second-order valence-corrected chi connectivity index (χ2v) is 4.70. The summed E-state index contributed by atoms with van der Waals surface area (Å²) in [5.74, 6) is 0.676. The standard InChI is InChI=1S/C10H21N3/c1-7-6-9(11)8-4-3-5-13(2)10(8)12-7/h7-10,12H,3-6,11H2,1-2H3. The molecule has 0 aliphatic carbocycles. The van der Waals surface area contributed by atoms with E-state index in [0.29, 0.717) is 24.2 Å². The van der Waals surface area contributed by atoms with Crippen molar-refractivity contribution < 1.29 is 0 Å². The molecule has 0 amide bonds. The van der Waals surface area contributed by atoms with Gasteiger partial charge in [0.15, 0.2) is 0 Å². The molecule has 3 nitrogen and oxygen atoms in total.